The highest BCUT2D eigenvalue weighted by Gasteiger charge is 2.26. The van der Waals surface area contributed by atoms with Crippen LogP contribution in [0.25, 0.3) is 0 Å². The molecule has 72 valence electrons. The van der Waals surface area contributed by atoms with E-state index in [4.69, 9.17) is 5.73 Å². The van der Waals surface area contributed by atoms with Gasteiger partial charge in [-0.1, -0.05) is 6.42 Å². The Morgan fingerprint density at radius 3 is 2.33 bits per heavy atom. The third kappa shape index (κ3) is 2.20. The molecule has 0 radical (unpaired) electrons. The van der Waals surface area contributed by atoms with Gasteiger partial charge in [0, 0.05) is 18.1 Å². The Labute approximate surface area is 76.1 Å². The summed E-state index contributed by atoms with van der Waals surface area (Å²) in [6, 6.07) is 1.60. The largest absolute Gasteiger partial charge is 0.327 e. The molecule has 2 N–H and O–H groups in total. The number of piperidine rings is 1. The van der Waals surface area contributed by atoms with Crippen molar-refractivity contribution in [3.63, 3.8) is 0 Å². The molecule has 0 amide bonds. The van der Waals surface area contributed by atoms with Crippen LogP contribution in [0.5, 0.6) is 0 Å². The van der Waals surface area contributed by atoms with Gasteiger partial charge in [0.05, 0.1) is 0 Å². The van der Waals surface area contributed by atoms with E-state index in [1.807, 2.05) is 0 Å². The fourth-order valence-corrected chi connectivity index (χ4v) is 2.19. The van der Waals surface area contributed by atoms with Gasteiger partial charge in [0.25, 0.3) is 0 Å². The lowest BCUT2D eigenvalue weighted by atomic mass is 9.95. The molecule has 2 unspecified atom stereocenters. The first-order valence-electron chi connectivity index (χ1n) is 5.14. The highest BCUT2D eigenvalue weighted by molar-refractivity contribution is 4.84. The summed E-state index contributed by atoms with van der Waals surface area (Å²) in [6.07, 6.45) is 3.99. The number of nitrogens with zero attached hydrogens (tertiary/aromatic N) is 1. The minimum atomic E-state index is 0.327. The summed E-state index contributed by atoms with van der Waals surface area (Å²) in [6.45, 7) is 7.90. The van der Waals surface area contributed by atoms with Gasteiger partial charge in [-0.25, -0.2) is 0 Å². The molecule has 2 nitrogen and oxygen atoms in total. The fourth-order valence-electron chi connectivity index (χ4n) is 2.19. The topological polar surface area (TPSA) is 29.3 Å². The van der Waals surface area contributed by atoms with Gasteiger partial charge in [-0.15, -0.1) is 0 Å². The van der Waals surface area contributed by atoms with E-state index in [1.165, 1.54) is 25.8 Å². The van der Waals surface area contributed by atoms with Gasteiger partial charge in [0.15, 0.2) is 0 Å². The van der Waals surface area contributed by atoms with Crippen LogP contribution in [-0.2, 0) is 0 Å². The van der Waals surface area contributed by atoms with Crippen LogP contribution in [0.15, 0.2) is 0 Å². The predicted octanol–water partition coefficient (Wildman–Crippen LogP) is 1.60. The van der Waals surface area contributed by atoms with Gasteiger partial charge >= 0.3 is 0 Å². The van der Waals surface area contributed by atoms with E-state index in [9.17, 15) is 0 Å². The van der Waals surface area contributed by atoms with Gasteiger partial charge in [-0.3, -0.25) is 4.90 Å². The van der Waals surface area contributed by atoms with E-state index < -0.39 is 0 Å². The molecule has 2 atom stereocenters. The molecule has 0 aliphatic carbocycles. The molecular formula is C10H22N2. The second kappa shape index (κ2) is 4.24. The van der Waals surface area contributed by atoms with E-state index in [0.717, 1.165) is 0 Å². The van der Waals surface area contributed by atoms with Crippen molar-refractivity contribution in [1.82, 2.24) is 4.90 Å². The first kappa shape index (κ1) is 10.0. The van der Waals surface area contributed by atoms with Crippen LogP contribution < -0.4 is 5.73 Å². The van der Waals surface area contributed by atoms with Crippen LogP contribution in [0.3, 0.4) is 0 Å². The Hall–Kier alpha value is -0.0800. The van der Waals surface area contributed by atoms with Crippen LogP contribution >= 0.6 is 0 Å². The van der Waals surface area contributed by atoms with Crippen molar-refractivity contribution in [2.45, 2.75) is 58.2 Å². The normalized spacial score (nSPS) is 29.2. The van der Waals surface area contributed by atoms with Crippen LogP contribution in [0.1, 0.15) is 40.0 Å². The second-order valence-corrected chi connectivity index (χ2v) is 4.25. The van der Waals surface area contributed by atoms with E-state index in [0.29, 0.717) is 18.1 Å². The zero-order valence-electron chi connectivity index (χ0n) is 8.59. The summed E-state index contributed by atoms with van der Waals surface area (Å²) < 4.78 is 0. The molecule has 0 saturated carbocycles. The lowest BCUT2D eigenvalue weighted by Gasteiger charge is -2.40. The highest BCUT2D eigenvalue weighted by atomic mass is 15.2. The summed E-state index contributed by atoms with van der Waals surface area (Å²) in [5.41, 5.74) is 5.95. The minimum absolute atomic E-state index is 0.327. The Bertz CT molecular complexity index is 116. The van der Waals surface area contributed by atoms with Crippen molar-refractivity contribution in [2.24, 2.45) is 5.73 Å². The maximum absolute atomic E-state index is 5.95. The molecule has 1 aliphatic rings. The number of hydrogen-bond donors (Lipinski definition) is 1. The third-order valence-electron chi connectivity index (χ3n) is 2.86. The van der Waals surface area contributed by atoms with E-state index in [1.54, 1.807) is 0 Å². The van der Waals surface area contributed by atoms with E-state index in [2.05, 4.69) is 25.7 Å². The molecule has 0 aromatic heterocycles. The molecule has 1 aliphatic heterocycles. The Morgan fingerprint density at radius 2 is 1.92 bits per heavy atom. The standard InChI is InChI=1S/C10H22N2/c1-8(2)12-7-5-4-6-10(12)9(3)11/h8-10H,4-7,11H2,1-3H3. The summed E-state index contributed by atoms with van der Waals surface area (Å²) in [4.78, 5) is 2.55. The monoisotopic (exact) mass is 170 g/mol. The molecule has 0 aromatic rings. The summed E-state index contributed by atoms with van der Waals surface area (Å²) >= 11 is 0. The maximum Gasteiger partial charge on any atom is 0.0247 e. The lowest BCUT2D eigenvalue weighted by Crippen LogP contribution is -2.51. The van der Waals surface area contributed by atoms with Crippen molar-refractivity contribution in [1.29, 1.82) is 0 Å². The van der Waals surface area contributed by atoms with Gasteiger partial charge < -0.3 is 5.73 Å². The maximum atomic E-state index is 5.95. The van der Waals surface area contributed by atoms with E-state index >= 15 is 0 Å². The zero-order valence-corrected chi connectivity index (χ0v) is 8.59. The Kier molecular flexibility index (Phi) is 3.53. The molecule has 2 heteroatoms. The van der Waals surface area contributed by atoms with Crippen LogP contribution in [0.2, 0.25) is 0 Å². The molecule has 0 spiro atoms. The highest BCUT2D eigenvalue weighted by Crippen LogP contribution is 2.20. The fraction of sp³-hybridized carbons (Fsp3) is 1.00. The summed E-state index contributed by atoms with van der Waals surface area (Å²) in [5, 5.41) is 0. The lowest BCUT2D eigenvalue weighted by molar-refractivity contribution is 0.0972. The van der Waals surface area contributed by atoms with Crippen LogP contribution in [0.4, 0.5) is 0 Å². The molecule has 0 bridgehead atoms. The Balaban J connectivity index is 2.54. The minimum Gasteiger partial charge on any atom is -0.327 e. The van der Waals surface area contributed by atoms with Gasteiger partial charge in [0.2, 0.25) is 0 Å². The van der Waals surface area contributed by atoms with Crippen molar-refractivity contribution < 1.29 is 0 Å². The van der Waals surface area contributed by atoms with Crippen LogP contribution in [-0.4, -0.2) is 29.6 Å². The van der Waals surface area contributed by atoms with Crippen molar-refractivity contribution in [3.8, 4) is 0 Å². The average molecular weight is 170 g/mol. The summed E-state index contributed by atoms with van der Waals surface area (Å²) in [7, 11) is 0. The number of rotatable bonds is 2. The molecule has 1 heterocycles. The molecular weight excluding hydrogens is 148 g/mol. The van der Waals surface area contributed by atoms with Gasteiger partial charge in [-0.05, 0) is 40.2 Å². The Morgan fingerprint density at radius 1 is 1.25 bits per heavy atom. The third-order valence-corrected chi connectivity index (χ3v) is 2.86. The smallest absolute Gasteiger partial charge is 0.0247 e. The molecule has 1 rings (SSSR count). The number of hydrogen-bond acceptors (Lipinski definition) is 2. The van der Waals surface area contributed by atoms with Crippen molar-refractivity contribution >= 4 is 0 Å². The van der Waals surface area contributed by atoms with E-state index in [-0.39, 0.29) is 0 Å². The number of nitrogens with two attached hydrogens (primary N) is 1. The molecule has 0 aromatic carbocycles. The van der Waals surface area contributed by atoms with Gasteiger partial charge in [0.1, 0.15) is 0 Å². The number of likely N-dealkylation sites (tertiary alicyclic amines) is 1. The van der Waals surface area contributed by atoms with Crippen molar-refractivity contribution in [2.75, 3.05) is 6.54 Å². The molecule has 12 heavy (non-hydrogen) atoms. The zero-order chi connectivity index (χ0) is 9.14. The SMILES string of the molecule is CC(N)C1CCCCN1C(C)C. The average Bonchev–Trinajstić information content (AvgIpc) is 2.04. The quantitative estimate of drug-likeness (QED) is 0.682. The first-order chi connectivity index (χ1) is 5.63. The summed E-state index contributed by atoms with van der Waals surface area (Å²) in [5.74, 6) is 0. The van der Waals surface area contributed by atoms with Crippen molar-refractivity contribution in [3.05, 3.63) is 0 Å². The first-order valence-corrected chi connectivity index (χ1v) is 5.14. The second-order valence-electron chi connectivity index (χ2n) is 4.25. The molecule has 1 fully saturated rings. The predicted molar refractivity (Wildman–Crippen MR) is 53.1 cm³/mol. The molecule has 1 saturated heterocycles. The van der Waals surface area contributed by atoms with Gasteiger partial charge in [-0.2, -0.15) is 0 Å². The van der Waals surface area contributed by atoms with Crippen LogP contribution in [0, 0.1) is 0 Å².